The van der Waals surface area contributed by atoms with Crippen LogP contribution in [0.15, 0.2) is 10.4 Å². The molecule has 0 atom stereocenters. The molecular weight excluding hydrogens is 244 g/mol. The Morgan fingerprint density at radius 2 is 2.33 bits per heavy atom. The van der Waals surface area contributed by atoms with Crippen LogP contribution in [0.1, 0.15) is 37.9 Å². The molecule has 0 spiro atoms. The van der Waals surface area contributed by atoms with Crippen LogP contribution in [0.2, 0.25) is 0 Å². The number of thiazole rings is 1. The van der Waals surface area contributed by atoms with Crippen LogP contribution < -0.4 is 11.1 Å². The number of hydrogen-bond acceptors (Lipinski definition) is 3. The molecule has 3 N–H and O–H groups in total. The van der Waals surface area contributed by atoms with Gasteiger partial charge in [-0.25, -0.2) is 4.98 Å². The van der Waals surface area contributed by atoms with Gasteiger partial charge in [0.1, 0.15) is 0 Å². The Balaban J connectivity index is 2.20. The Morgan fingerprint density at radius 1 is 1.56 bits per heavy atom. The largest absolute Gasteiger partial charge is 0.370 e. The quantitative estimate of drug-likeness (QED) is 0.588. The maximum absolute atomic E-state index is 5.78. The number of guanidine groups is 1. The van der Waals surface area contributed by atoms with E-state index in [1.807, 2.05) is 0 Å². The van der Waals surface area contributed by atoms with Gasteiger partial charge in [-0.15, -0.1) is 11.3 Å². The van der Waals surface area contributed by atoms with Gasteiger partial charge in [-0.3, -0.25) is 4.99 Å². The highest BCUT2D eigenvalue weighted by molar-refractivity contribution is 7.09. The summed E-state index contributed by atoms with van der Waals surface area (Å²) in [4.78, 5) is 8.79. The van der Waals surface area contributed by atoms with Crippen molar-refractivity contribution in [3.63, 3.8) is 0 Å². The van der Waals surface area contributed by atoms with Crippen molar-refractivity contribution in [3.8, 4) is 0 Å². The summed E-state index contributed by atoms with van der Waals surface area (Å²) in [5.41, 5.74) is 6.91. The van der Waals surface area contributed by atoms with Gasteiger partial charge in [0, 0.05) is 24.9 Å². The van der Waals surface area contributed by atoms with E-state index >= 15 is 0 Å². The number of nitrogens with two attached hydrogens (primary N) is 1. The molecule has 4 nitrogen and oxygen atoms in total. The van der Waals surface area contributed by atoms with Crippen LogP contribution >= 0.6 is 11.3 Å². The van der Waals surface area contributed by atoms with Crippen LogP contribution in [0.3, 0.4) is 0 Å². The van der Waals surface area contributed by atoms with E-state index in [4.69, 9.17) is 5.73 Å². The average molecular weight is 268 g/mol. The molecule has 1 aromatic rings. The lowest BCUT2D eigenvalue weighted by atomic mass is 10.1. The van der Waals surface area contributed by atoms with Crippen LogP contribution in [0.4, 0.5) is 0 Å². The van der Waals surface area contributed by atoms with Crippen molar-refractivity contribution in [3.05, 3.63) is 16.1 Å². The van der Waals surface area contributed by atoms with Crippen LogP contribution in [0, 0.1) is 5.92 Å². The van der Waals surface area contributed by atoms with Gasteiger partial charge in [0.2, 0.25) is 0 Å². The van der Waals surface area contributed by atoms with Crippen LogP contribution in [0.5, 0.6) is 0 Å². The van der Waals surface area contributed by atoms with E-state index in [2.05, 4.69) is 41.4 Å². The molecule has 0 amide bonds. The zero-order valence-corrected chi connectivity index (χ0v) is 12.4. The van der Waals surface area contributed by atoms with Crippen molar-refractivity contribution >= 4 is 17.3 Å². The zero-order valence-electron chi connectivity index (χ0n) is 11.6. The molecule has 0 aliphatic rings. The second-order valence-corrected chi connectivity index (χ2v) is 5.66. The highest BCUT2D eigenvalue weighted by atomic mass is 32.1. The Hall–Kier alpha value is -1.10. The highest BCUT2D eigenvalue weighted by Gasteiger charge is 2.00. The number of aliphatic imine (C=N–C) groups is 1. The molecule has 18 heavy (non-hydrogen) atoms. The predicted octanol–water partition coefficient (Wildman–Crippen LogP) is 2.20. The minimum atomic E-state index is 0.543. The number of rotatable bonds is 7. The number of aromatic nitrogens is 1. The molecular formula is C13H24N4S. The van der Waals surface area contributed by atoms with Gasteiger partial charge in [0.15, 0.2) is 5.96 Å². The van der Waals surface area contributed by atoms with Crippen molar-refractivity contribution in [2.45, 2.75) is 40.0 Å². The first-order chi connectivity index (χ1) is 8.61. The molecule has 1 aromatic heterocycles. The van der Waals surface area contributed by atoms with Gasteiger partial charge < -0.3 is 11.1 Å². The van der Waals surface area contributed by atoms with Gasteiger partial charge >= 0.3 is 0 Å². The Kier molecular flexibility index (Phi) is 6.72. The fraction of sp³-hybridized carbons (Fsp3) is 0.692. The van der Waals surface area contributed by atoms with E-state index in [0.717, 1.165) is 38.0 Å². The van der Waals surface area contributed by atoms with Gasteiger partial charge in [0.25, 0.3) is 0 Å². The van der Waals surface area contributed by atoms with Crippen molar-refractivity contribution in [1.29, 1.82) is 0 Å². The molecule has 102 valence electrons. The van der Waals surface area contributed by atoms with Crippen molar-refractivity contribution in [2.24, 2.45) is 16.6 Å². The fourth-order valence-corrected chi connectivity index (χ4v) is 2.22. The molecule has 0 unspecified atom stereocenters. The maximum Gasteiger partial charge on any atom is 0.188 e. The molecule has 5 heteroatoms. The number of aryl methyl sites for hydroxylation is 1. The van der Waals surface area contributed by atoms with Gasteiger partial charge in [0.05, 0.1) is 10.7 Å². The zero-order chi connectivity index (χ0) is 13.4. The normalized spacial score (nSPS) is 12.1. The van der Waals surface area contributed by atoms with E-state index < -0.39 is 0 Å². The van der Waals surface area contributed by atoms with Crippen LogP contribution in [-0.4, -0.2) is 24.0 Å². The monoisotopic (exact) mass is 268 g/mol. The lowest BCUT2D eigenvalue weighted by Crippen LogP contribution is -2.33. The molecule has 0 aliphatic carbocycles. The Morgan fingerprint density at radius 3 is 2.94 bits per heavy atom. The molecule has 0 aliphatic heterocycles. The molecule has 1 heterocycles. The summed E-state index contributed by atoms with van der Waals surface area (Å²) < 4.78 is 0. The van der Waals surface area contributed by atoms with Crippen molar-refractivity contribution in [2.75, 3.05) is 13.1 Å². The van der Waals surface area contributed by atoms with Crippen LogP contribution in [-0.2, 0) is 12.8 Å². The number of nitrogens with one attached hydrogen (secondary N) is 1. The van der Waals surface area contributed by atoms with Crippen LogP contribution in [0.25, 0.3) is 0 Å². The first kappa shape index (κ1) is 15.0. The van der Waals surface area contributed by atoms with E-state index in [1.54, 1.807) is 11.3 Å². The third kappa shape index (κ3) is 6.00. The number of hydrogen-bond donors (Lipinski definition) is 2. The molecule has 0 radical (unpaired) electrons. The topological polar surface area (TPSA) is 63.3 Å². The first-order valence-electron chi connectivity index (χ1n) is 6.58. The second-order valence-electron chi connectivity index (χ2n) is 4.71. The fourth-order valence-electron chi connectivity index (χ4n) is 1.44. The highest BCUT2D eigenvalue weighted by Crippen LogP contribution is 2.10. The van der Waals surface area contributed by atoms with E-state index in [1.165, 1.54) is 5.01 Å². The van der Waals surface area contributed by atoms with Crippen molar-refractivity contribution in [1.82, 2.24) is 10.3 Å². The second kappa shape index (κ2) is 8.08. The molecule has 0 bridgehead atoms. The first-order valence-corrected chi connectivity index (χ1v) is 7.46. The summed E-state index contributed by atoms with van der Waals surface area (Å²) in [6, 6.07) is 0. The summed E-state index contributed by atoms with van der Waals surface area (Å²) in [6.07, 6.45) is 2.99. The third-order valence-electron chi connectivity index (χ3n) is 2.58. The molecule has 0 aromatic carbocycles. The lowest BCUT2D eigenvalue weighted by Gasteiger charge is -2.05. The van der Waals surface area contributed by atoms with Crippen molar-refractivity contribution < 1.29 is 0 Å². The minimum Gasteiger partial charge on any atom is -0.370 e. The molecule has 0 saturated carbocycles. The summed E-state index contributed by atoms with van der Waals surface area (Å²) in [5, 5.41) is 6.44. The average Bonchev–Trinajstić information content (AvgIpc) is 2.76. The molecule has 0 fully saturated rings. The number of nitrogens with zero attached hydrogens (tertiary/aromatic N) is 2. The lowest BCUT2D eigenvalue weighted by molar-refractivity contribution is 0.595. The van der Waals surface area contributed by atoms with Gasteiger partial charge in [-0.1, -0.05) is 20.8 Å². The minimum absolute atomic E-state index is 0.543. The third-order valence-corrected chi connectivity index (χ3v) is 3.62. The maximum atomic E-state index is 5.78. The van der Waals surface area contributed by atoms with Gasteiger partial charge in [-0.2, -0.15) is 0 Å². The Labute approximate surface area is 114 Å². The molecule has 0 saturated heterocycles. The summed E-state index contributed by atoms with van der Waals surface area (Å²) in [5.74, 6) is 1.21. The molecule has 1 rings (SSSR count). The summed E-state index contributed by atoms with van der Waals surface area (Å²) >= 11 is 1.73. The SMILES string of the molecule is CCc1nc(CCNC(N)=NCCC(C)C)cs1. The predicted molar refractivity (Wildman–Crippen MR) is 79.1 cm³/mol. The van der Waals surface area contributed by atoms with E-state index in [9.17, 15) is 0 Å². The Bertz CT molecular complexity index is 371. The smallest absolute Gasteiger partial charge is 0.188 e. The summed E-state index contributed by atoms with van der Waals surface area (Å²) in [7, 11) is 0. The van der Waals surface area contributed by atoms with Gasteiger partial charge in [-0.05, 0) is 18.8 Å². The van der Waals surface area contributed by atoms with E-state index in [-0.39, 0.29) is 0 Å². The van der Waals surface area contributed by atoms with E-state index in [0.29, 0.717) is 11.9 Å². The summed E-state index contributed by atoms with van der Waals surface area (Å²) in [6.45, 7) is 8.09. The standard InChI is InChI=1S/C13H24N4S/c1-4-12-17-11(9-18-12)6-8-16-13(14)15-7-5-10(2)3/h9-10H,4-8H2,1-3H3,(H3,14,15,16).